The highest BCUT2D eigenvalue weighted by Gasteiger charge is 2.21. The standard InChI is InChI=1S/C15H17N7O3S3/c1-4-5-21-12(23)10-9(6-8(2)26-10)22-14(21)17-18-15(22)27-13-11(19-28(24)25)16-7-20(13)3/h6-7,19H,4-5H2,1-3H3,(H,24,25). The largest absolute Gasteiger partial charge is 0.327 e. The van der Waals surface area contributed by atoms with Crippen LogP contribution in [0.1, 0.15) is 18.2 Å². The van der Waals surface area contributed by atoms with Crippen LogP contribution in [-0.2, 0) is 24.9 Å². The van der Waals surface area contributed by atoms with E-state index >= 15 is 0 Å². The van der Waals surface area contributed by atoms with Crippen LogP contribution in [0.15, 0.2) is 27.4 Å². The molecule has 1 atom stereocenters. The summed E-state index contributed by atoms with van der Waals surface area (Å²) in [6.07, 6.45) is 2.33. The fourth-order valence-corrected chi connectivity index (χ4v) is 5.19. The summed E-state index contributed by atoms with van der Waals surface area (Å²) < 4.78 is 28.6. The molecule has 0 bridgehead atoms. The van der Waals surface area contributed by atoms with Gasteiger partial charge in [-0.25, -0.2) is 9.19 Å². The molecular formula is C15H17N7O3S3. The molecule has 0 aliphatic heterocycles. The maximum absolute atomic E-state index is 12.9. The Hall–Kier alpha value is -2.22. The smallest absolute Gasteiger partial charge is 0.272 e. The lowest BCUT2D eigenvalue weighted by molar-refractivity contribution is 0.570. The molecule has 1 unspecified atom stereocenters. The molecular weight excluding hydrogens is 422 g/mol. The first kappa shape index (κ1) is 19.1. The molecule has 4 heterocycles. The van der Waals surface area contributed by atoms with E-state index in [1.165, 1.54) is 29.4 Å². The summed E-state index contributed by atoms with van der Waals surface area (Å²) in [7, 11) is 1.78. The number of nitrogens with one attached hydrogen (secondary N) is 1. The van der Waals surface area contributed by atoms with Crippen molar-refractivity contribution < 1.29 is 8.76 Å². The average molecular weight is 440 g/mol. The summed E-state index contributed by atoms with van der Waals surface area (Å²) in [6, 6.07) is 1.95. The van der Waals surface area contributed by atoms with Gasteiger partial charge in [0.05, 0.1) is 11.8 Å². The highest BCUT2D eigenvalue weighted by atomic mass is 32.2. The van der Waals surface area contributed by atoms with E-state index in [0.717, 1.165) is 16.8 Å². The Balaban J connectivity index is 1.94. The highest BCUT2D eigenvalue weighted by Crippen LogP contribution is 2.34. The quantitative estimate of drug-likeness (QED) is 0.442. The van der Waals surface area contributed by atoms with E-state index in [1.54, 1.807) is 16.2 Å². The van der Waals surface area contributed by atoms with E-state index in [4.69, 9.17) is 4.55 Å². The summed E-state index contributed by atoms with van der Waals surface area (Å²) in [5.74, 6) is 0.742. The number of fused-ring (bicyclic) bond motifs is 3. The van der Waals surface area contributed by atoms with Gasteiger partial charge in [0.2, 0.25) is 10.9 Å². The lowest BCUT2D eigenvalue weighted by Crippen LogP contribution is -2.22. The van der Waals surface area contributed by atoms with Crippen molar-refractivity contribution in [2.75, 3.05) is 4.72 Å². The predicted octanol–water partition coefficient (Wildman–Crippen LogP) is 2.26. The van der Waals surface area contributed by atoms with E-state index in [-0.39, 0.29) is 11.4 Å². The van der Waals surface area contributed by atoms with Crippen LogP contribution in [0.4, 0.5) is 5.82 Å². The van der Waals surface area contributed by atoms with Crippen molar-refractivity contribution in [3.63, 3.8) is 0 Å². The third-order valence-electron chi connectivity index (χ3n) is 4.08. The molecule has 0 saturated heterocycles. The molecule has 4 aromatic rings. The van der Waals surface area contributed by atoms with Crippen molar-refractivity contribution in [1.82, 2.24) is 28.7 Å². The van der Waals surface area contributed by atoms with E-state index in [1.807, 2.05) is 24.3 Å². The number of rotatable bonds is 6. The highest BCUT2D eigenvalue weighted by molar-refractivity contribution is 7.99. The van der Waals surface area contributed by atoms with Crippen LogP contribution in [0.5, 0.6) is 0 Å². The molecule has 13 heteroatoms. The minimum atomic E-state index is -2.24. The normalized spacial score (nSPS) is 12.9. The fourth-order valence-electron chi connectivity index (χ4n) is 2.95. The maximum Gasteiger partial charge on any atom is 0.272 e. The molecule has 0 aromatic carbocycles. The summed E-state index contributed by atoms with van der Waals surface area (Å²) >= 11 is 0.457. The number of nitrogens with zero attached hydrogens (tertiary/aromatic N) is 6. The Morgan fingerprint density at radius 1 is 1.39 bits per heavy atom. The van der Waals surface area contributed by atoms with Crippen LogP contribution in [-0.4, -0.2) is 37.5 Å². The van der Waals surface area contributed by atoms with Gasteiger partial charge in [-0.3, -0.25) is 23.0 Å². The summed E-state index contributed by atoms with van der Waals surface area (Å²) in [6.45, 7) is 4.50. The number of anilines is 1. The Morgan fingerprint density at radius 3 is 2.89 bits per heavy atom. The fraction of sp³-hybridized carbons (Fsp3) is 0.333. The van der Waals surface area contributed by atoms with Crippen molar-refractivity contribution in [3.05, 3.63) is 27.6 Å². The second kappa shape index (κ2) is 7.31. The summed E-state index contributed by atoms with van der Waals surface area (Å²) in [4.78, 5) is 18.0. The Kier molecular flexibility index (Phi) is 4.99. The van der Waals surface area contributed by atoms with Gasteiger partial charge in [0, 0.05) is 18.5 Å². The average Bonchev–Trinajstić information content (AvgIpc) is 3.31. The molecule has 4 rings (SSSR count). The van der Waals surface area contributed by atoms with Gasteiger partial charge < -0.3 is 4.57 Å². The first-order valence-corrected chi connectivity index (χ1v) is 11.1. The van der Waals surface area contributed by atoms with Crippen molar-refractivity contribution in [3.8, 4) is 0 Å². The molecule has 0 aliphatic carbocycles. The molecule has 0 saturated carbocycles. The maximum atomic E-state index is 12.9. The topological polar surface area (TPSA) is 119 Å². The van der Waals surface area contributed by atoms with Crippen LogP contribution in [0.2, 0.25) is 0 Å². The third kappa shape index (κ3) is 3.13. The van der Waals surface area contributed by atoms with Crippen LogP contribution in [0, 0.1) is 6.92 Å². The summed E-state index contributed by atoms with van der Waals surface area (Å²) in [5, 5.41) is 9.69. The first-order chi connectivity index (χ1) is 13.4. The van der Waals surface area contributed by atoms with Crippen LogP contribution in [0.3, 0.4) is 0 Å². The van der Waals surface area contributed by atoms with Gasteiger partial charge in [0.25, 0.3) is 16.8 Å². The molecule has 2 N–H and O–H groups in total. The zero-order chi connectivity index (χ0) is 20.0. The molecule has 0 radical (unpaired) electrons. The van der Waals surface area contributed by atoms with Gasteiger partial charge in [0.1, 0.15) is 9.73 Å². The van der Waals surface area contributed by atoms with Gasteiger partial charge >= 0.3 is 0 Å². The van der Waals surface area contributed by atoms with E-state index in [2.05, 4.69) is 19.9 Å². The number of imidazole rings is 1. The molecule has 148 valence electrons. The molecule has 0 aliphatic rings. The monoisotopic (exact) mass is 439 g/mol. The van der Waals surface area contributed by atoms with Crippen molar-refractivity contribution in [2.24, 2.45) is 7.05 Å². The zero-order valence-corrected chi connectivity index (χ0v) is 17.7. The van der Waals surface area contributed by atoms with Crippen LogP contribution < -0.4 is 10.3 Å². The molecule has 10 nitrogen and oxygen atoms in total. The Labute approximate surface area is 170 Å². The Bertz CT molecular complexity index is 1270. The van der Waals surface area contributed by atoms with Crippen LogP contribution in [0.25, 0.3) is 16.0 Å². The number of aryl methyl sites for hydroxylation is 3. The van der Waals surface area contributed by atoms with Crippen molar-refractivity contribution in [2.45, 2.75) is 37.0 Å². The second-order valence-corrected chi connectivity index (χ2v) is 9.02. The SMILES string of the molecule is CCCn1c(=O)c2sc(C)cc2n2c(Sc3c(NS(=O)O)ncn3C)nnc12. The number of hydrogen-bond acceptors (Lipinski definition) is 7. The first-order valence-electron chi connectivity index (χ1n) is 8.35. The molecule has 28 heavy (non-hydrogen) atoms. The lowest BCUT2D eigenvalue weighted by atomic mass is 10.4. The van der Waals surface area contributed by atoms with Gasteiger partial charge in [-0.15, -0.1) is 21.5 Å². The van der Waals surface area contributed by atoms with Crippen molar-refractivity contribution >= 4 is 56.2 Å². The molecule has 0 amide bonds. The predicted molar refractivity (Wildman–Crippen MR) is 109 cm³/mol. The minimum absolute atomic E-state index is 0.0648. The van der Waals surface area contributed by atoms with Gasteiger partial charge in [-0.1, -0.05) is 6.92 Å². The van der Waals surface area contributed by atoms with E-state index < -0.39 is 11.3 Å². The van der Waals surface area contributed by atoms with E-state index in [0.29, 0.717) is 27.2 Å². The molecule has 4 aromatic heterocycles. The van der Waals surface area contributed by atoms with Gasteiger partial charge in [-0.05, 0) is 31.2 Å². The van der Waals surface area contributed by atoms with Gasteiger partial charge in [0.15, 0.2) is 5.82 Å². The molecule has 0 spiro atoms. The summed E-state index contributed by atoms with van der Waals surface area (Å²) in [5.41, 5.74) is 0.690. The zero-order valence-electron chi connectivity index (χ0n) is 15.2. The number of hydrogen-bond donors (Lipinski definition) is 2. The van der Waals surface area contributed by atoms with Crippen LogP contribution >= 0.6 is 23.1 Å². The molecule has 0 fully saturated rings. The van der Waals surface area contributed by atoms with Gasteiger partial charge in [-0.2, -0.15) is 0 Å². The van der Waals surface area contributed by atoms with Crippen molar-refractivity contribution in [1.29, 1.82) is 0 Å². The number of thiophene rings is 1. The second-order valence-electron chi connectivity index (χ2n) is 6.11. The third-order valence-corrected chi connectivity index (χ3v) is 6.59. The Morgan fingerprint density at radius 2 is 2.18 bits per heavy atom. The number of aromatic nitrogens is 6. The van der Waals surface area contributed by atoms with E-state index in [9.17, 15) is 9.00 Å². The minimum Gasteiger partial charge on any atom is -0.327 e. The lowest BCUT2D eigenvalue weighted by Gasteiger charge is -2.08.